The molecule has 0 aliphatic rings. The van der Waals surface area contributed by atoms with Crippen LogP contribution in [-0.2, 0) is 0 Å². The second-order valence-corrected chi connectivity index (χ2v) is 7.23. The van der Waals surface area contributed by atoms with E-state index in [1.165, 1.54) is 0 Å². The van der Waals surface area contributed by atoms with E-state index in [2.05, 4.69) is 15.3 Å². The van der Waals surface area contributed by atoms with Crippen LogP contribution in [0, 0.1) is 0 Å². The van der Waals surface area contributed by atoms with Gasteiger partial charge in [-0.3, -0.25) is 9.20 Å². The maximum atomic E-state index is 12.8. The molecule has 6 nitrogen and oxygen atoms in total. The molecule has 0 bridgehead atoms. The molecule has 0 aliphatic carbocycles. The van der Waals surface area contributed by atoms with Crippen LogP contribution in [0.5, 0.6) is 5.75 Å². The molecule has 3 aromatic heterocycles. The number of imidazole rings is 1. The third-order valence-corrected chi connectivity index (χ3v) is 5.39. The molecule has 5 aromatic rings. The summed E-state index contributed by atoms with van der Waals surface area (Å²) in [5.74, 6) is 0.537. The normalized spacial score (nSPS) is 11.2. The van der Waals surface area contributed by atoms with Crippen molar-refractivity contribution in [2.45, 2.75) is 0 Å². The van der Waals surface area contributed by atoms with Gasteiger partial charge in [0.15, 0.2) is 4.96 Å². The molecule has 3 heterocycles. The quantitative estimate of drug-likeness (QED) is 0.464. The number of amides is 1. The third kappa shape index (κ3) is 2.82. The van der Waals surface area contributed by atoms with Crippen LogP contribution in [0.25, 0.3) is 27.1 Å². The topological polar surface area (TPSA) is 71.4 Å². The Kier molecular flexibility index (Phi) is 3.87. The van der Waals surface area contributed by atoms with Gasteiger partial charge < -0.3 is 15.0 Å². The molecule has 0 saturated heterocycles. The van der Waals surface area contributed by atoms with Crippen molar-refractivity contribution in [2.24, 2.45) is 0 Å². The highest BCUT2D eigenvalue weighted by Crippen LogP contribution is 2.29. The van der Waals surface area contributed by atoms with E-state index in [-0.39, 0.29) is 5.91 Å². The van der Waals surface area contributed by atoms with Crippen LogP contribution in [0.4, 0.5) is 5.69 Å². The summed E-state index contributed by atoms with van der Waals surface area (Å²) in [5, 5.41) is 5.95. The molecule has 0 aliphatic heterocycles. The lowest BCUT2D eigenvalue weighted by Gasteiger charge is -2.08. The van der Waals surface area contributed by atoms with Gasteiger partial charge in [0.25, 0.3) is 5.91 Å². The number of carbonyl (C=O) groups excluding carboxylic acids is 1. The van der Waals surface area contributed by atoms with Gasteiger partial charge >= 0.3 is 0 Å². The summed E-state index contributed by atoms with van der Waals surface area (Å²) in [6, 6.07) is 15.2. The highest BCUT2D eigenvalue weighted by molar-refractivity contribution is 7.15. The van der Waals surface area contributed by atoms with Gasteiger partial charge in [-0.1, -0.05) is 18.2 Å². The second kappa shape index (κ2) is 6.54. The molecular weight excluding hydrogens is 372 g/mol. The predicted octanol–water partition coefficient (Wildman–Crippen LogP) is 4.81. The number of nitrogens with one attached hydrogen (secondary N) is 2. The maximum absolute atomic E-state index is 12.8. The molecule has 0 saturated carbocycles. The smallest absolute Gasteiger partial charge is 0.272 e. The summed E-state index contributed by atoms with van der Waals surface area (Å²) in [7, 11) is 1.62. The summed E-state index contributed by atoms with van der Waals surface area (Å²) in [6.07, 6.45) is 3.93. The van der Waals surface area contributed by atoms with Gasteiger partial charge in [0.05, 0.1) is 18.5 Å². The second-order valence-electron chi connectivity index (χ2n) is 6.35. The summed E-state index contributed by atoms with van der Waals surface area (Å²) >= 11 is 1.57. The third-order valence-electron chi connectivity index (χ3n) is 4.62. The van der Waals surface area contributed by atoms with E-state index in [1.807, 2.05) is 70.7 Å². The van der Waals surface area contributed by atoms with Crippen LogP contribution in [-0.4, -0.2) is 27.4 Å². The number of benzene rings is 2. The molecule has 138 valence electrons. The highest BCUT2D eigenvalue weighted by atomic mass is 32.1. The number of H-pyrrole nitrogens is 1. The number of rotatable bonds is 4. The summed E-state index contributed by atoms with van der Waals surface area (Å²) in [4.78, 5) is 21.6. The van der Waals surface area contributed by atoms with E-state index < -0.39 is 0 Å². The zero-order chi connectivity index (χ0) is 19.1. The lowest BCUT2D eigenvalue weighted by atomic mass is 10.1. The minimum absolute atomic E-state index is 0.205. The fraction of sp³-hybridized carbons (Fsp3) is 0.0476. The van der Waals surface area contributed by atoms with Gasteiger partial charge in [-0.2, -0.15) is 0 Å². The lowest BCUT2D eigenvalue weighted by molar-refractivity contribution is 0.102. The van der Waals surface area contributed by atoms with Crippen molar-refractivity contribution in [3.05, 3.63) is 72.0 Å². The number of para-hydroxylation sites is 1. The Bertz CT molecular complexity index is 1290. The Labute approximate surface area is 164 Å². The SMILES string of the molecule is COc1ccc2cc(C(=O)Nc3ccccc3-c3cn4ccsc4n3)[nH]c2c1. The highest BCUT2D eigenvalue weighted by Gasteiger charge is 2.15. The number of hydrogen-bond donors (Lipinski definition) is 2. The van der Waals surface area contributed by atoms with E-state index >= 15 is 0 Å². The van der Waals surface area contributed by atoms with Gasteiger partial charge in [0.2, 0.25) is 0 Å². The number of aromatic nitrogens is 3. The number of methoxy groups -OCH3 is 1. The first-order valence-electron chi connectivity index (χ1n) is 8.71. The van der Waals surface area contributed by atoms with E-state index in [0.717, 1.165) is 38.6 Å². The largest absolute Gasteiger partial charge is 0.497 e. The van der Waals surface area contributed by atoms with E-state index in [0.29, 0.717) is 5.69 Å². The van der Waals surface area contributed by atoms with Crippen LogP contribution in [0.1, 0.15) is 10.5 Å². The average Bonchev–Trinajstić information content (AvgIpc) is 3.42. The van der Waals surface area contributed by atoms with Crippen molar-refractivity contribution in [1.82, 2.24) is 14.4 Å². The summed E-state index contributed by atoms with van der Waals surface area (Å²) in [6.45, 7) is 0. The van der Waals surface area contributed by atoms with Crippen molar-refractivity contribution in [3.8, 4) is 17.0 Å². The van der Waals surface area contributed by atoms with Gasteiger partial charge in [0, 0.05) is 40.3 Å². The molecule has 7 heteroatoms. The molecule has 0 fully saturated rings. The van der Waals surface area contributed by atoms with E-state index in [4.69, 9.17) is 4.74 Å². The van der Waals surface area contributed by atoms with Crippen LogP contribution in [0.2, 0.25) is 0 Å². The Morgan fingerprint density at radius 3 is 2.96 bits per heavy atom. The Balaban J connectivity index is 1.47. The average molecular weight is 388 g/mol. The Morgan fingerprint density at radius 2 is 2.11 bits per heavy atom. The first-order valence-corrected chi connectivity index (χ1v) is 9.59. The lowest BCUT2D eigenvalue weighted by Crippen LogP contribution is -2.12. The molecule has 1 amide bonds. The fourth-order valence-electron chi connectivity index (χ4n) is 3.22. The van der Waals surface area contributed by atoms with Crippen molar-refractivity contribution in [3.63, 3.8) is 0 Å². The molecule has 2 N–H and O–H groups in total. The zero-order valence-electron chi connectivity index (χ0n) is 15.0. The standard InChI is InChI=1S/C21H16N4O2S/c1-27-14-7-6-13-10-18(22-17(13)11-14)20(26)23-16-5-3-2-4-15(16)19-12-25-8-9-28-21(25)24-19/h2-12,22H,1H3,(H,23,26). The minimum atomic E-state index is -0.205. The number of thiazole rings is 1. The molecular formula is C21H16N4O2S. The number of carbonyl (C=O) groups is 1. The van der Waals surface area contributed by atoms with E-state index in [9.17, 15) is 4.79 Å². The molecule has 2 aromatic carbocycles. The van der Waals surface area contributed by atoms with Crippen LogP contribution >= 0.6 is 11.3 Å². The first-order chi connectivity index (χ1) is 13.7. The number of fused-ring (bicyclic) bond motifs is 2. The number of nitrogens with zero attached hydrogens (tertiary/aromatic N) is 2. The first kappa shape index (κ1) is 16.6. The van der Waals surface area contributed by atoms with Gasteiger partial charge in [-0.25, -0.2) is 4.98 Å². The number of hydrogen-bond acceptors (Lipinski definition) is 4. The van der Waals surface area contributed by atoms with Crippen LogP contribution in [0.15, 0.2) is 66.3 Å². The van der Waals surface area contributed by atoms with Gasteiger partial charge in [-0.05, 0) is 24.3 Å². The molecule has 5 rings (SSSR count). The van der Waals surface area contributed by atoms with E-state index in [1.54, 1.807) is 18.4 Å². The van der Waals surface area contributed by atoms with Crippen LogP contribution in [0.3, 0.4) is 0 Å². The van der Waals surface area contributed by atoms with Gasteiger partial charge in [0.1, 0.15) is 11.4 Å². The Hall–Kier alpha value is -3.58. The van der Waals surface area contributed by atoms with Crippen molar-refractivity contribution in [1.29, 1.82) is 0 Å². The molecule has 28 heavy (non-hydrogen) atoms. The molecule has 0 unspecified atom stereocenters. The van der Waals surface area contributed by atoms with Gasteiger partial charge in [-0.15, -0.1) is 11.3 Å². The van der Waals surface area contributed by atoms with Crippen molar-refractivity contribution >= 4 is 38.8 Å². The number of ether oxygens (including phenoxy) is 1. The van der Waals surface area contributed by atoms with Crippen molar-refractivity contribution in [2.75, 3.05) is 12.4 Å². The zero-order valence-corrected chi connectivity index (χ0v) is 15.8. The van der Waals surface area contributed by atoms with Crippen LogP contribution < -0.4 is 10.1 Å². The molecule has 0 spiro atoms. The van der Waals surface area contributed by atoms with Crippen molar-refractivity contribution < 1.29 is 9.53 Å². The summed E-state index contributed by atoms with van der Waals surface area (Å²) < 4.78 is 7.22. The number of anilines is 1. The molecule has 0 radical (unpaired) electrons. The minimum Gasteiger partial charge on any atom is -0.497 e. The predicted molar refractivity (Wildman–Crippen MR) is 111 cm³/mol. The maximum Gasteiger partial charge on any atom is 0.272 e. The number of aromatic amines is 1. The monoisotopic (exact) mass is 388 g/mol. The molecule has 0 atom stereocenters. The summed E-state index contributed by atoms with van der Waals surface area (Å²) in [5.41, 5.74) is 3.76. The fourth-order valence-corrected chi connectivity index (χ4v) is 3.92. The Morgan fingerprint density at radius 1 is 1.21 bits per heavy atom.